The number of aromatic nitrogens is 2. The van der Waals surface area contributed by atoms with Crippen molar-refractivity contribution in [3.63, 3.8) is 0 Å². The Labute approximate surface area is 153 Å². The molecular formula is C20H14FN3O3. The van der Waals surface area contributed by atoms with Gasteiger partial charge in [0.25, 0.3) is 11.8 Å². The normalized spacial score (nSPS) is 10.7. The summed E-state index contributed by atoms with van der Waals surface area (Å²) in [6.07, 6.45) is 1.52. The molecule has 2 heterocycles. The second-order valence-electron chi connectivity index (χ2n) is 5.85. The van der Waals surface area contributed by atoms with Crippen LogP contribution in [0.1, 0.15) is 15.9 Å². The minimum Gasteiger partial charge on any atom is -0.459 e. The van der Waals surface area contributed by atoms with E-state index >= 15 is 0 Å². The quantitative estimate of drug-likeness (QED) is 0.568. The number of rotatable bonds is 4. The smallest absolute Gasteiger partial charge is 0.283 e. The van der Waals surface area contributed by atoms with Crippen molar-refractivity contribution in [3.05, 3.63) is 77.8 Å². The zero-order valence-electron chi connectivity index (χ0n) is 14.3. The Balaban J connectivity index is 1.62. The van der Waals surface area contributed by atoms with E-state index in [1.165, 1.54) is 24.5 Å². The maximum atomic E-state index is 13.8. The molecule has 134 valence electrons. The standard InChI is InChI=1S/C20H14FN3O3/c1-12-8-9-13(22-18(25)14-5-2-3-6-16(14)21)11-15(12)19-23-24-20(27-19)17-7-4-10-26-17/h2-11H,1H3,(H,22,25). The molecule has 6 nitrogen and oxygen atoms in total. The van der Waals surface area contributed by atoms with E-state index in [0.717, 1.165) is 5.56 Å². The van der Waals surface area contributed by atoms with E-state index in [1.54, 1.807) is 30.3 Å². The third kappa shape index (κ3) is 3.35. The molecule has 0 saturated heterocycles. The van der Waals surface area contributed by atoms with Crippen LogP contribution in [0.15, 0.2) is 69.7 Å². The summed E-state index contributed by atoms with van der Waals surface area (Å²) in [5.74, 6) is -0.0986. The summed E-state index contributed by atoms with van der Waals surface area (Å²) in [7, 11) is 0. The highest BCUT2D eigenvalue weighted by molar-refractivity contribution is 6.04. The monoisotopic (exact) mass is 363 g/mol. The van der Waals surface area contributed by atoms with Gasteiger partial charge < -0.3 is 14.2 Å². The molecule has 0 unspecified atom stereocenters. The first-order chi connectivity index (χ1) is 13.1. The minimum absolute atomic E-state index is 0.0301. The summed E-state index contributed by atoms with van der Waals surface area (Å²) < 4.78 is 24.7. The lowest BCUT2D eigenvalue weighted by atomic mass is 10.1. The molecule has 27 heavy (non-hydrogen) atoms. The van der Waals surface area contributed by atoms with E-state index in [2.05, 4.69) is 15.5 Å². The van der Waals surface area contributed by atoms with Crippen molar-refractivity contribution in [1.29, 1.82) is 0 Å². The predicted molar refractivity (Wildman–Crippen MR) is 96.5 cm³/mol. The number of aryl methyl sites for hydroxylation is 1. The number of anilines is 1. The van der Waals surface area contributed by atoms with Gasteiger partial charge in [0.05, 0.1) is 11.8 Å². The fraction of sp³-hybridized carbons (Fsp3) is 0.0500. The van der Waals surface area contributed by atoms with Gasteiger partial charge in [0.1, 0.15) is 5.82 Å². The second kappa shape index (κ2) is 6.87. The number of furan rings is 1. The van der Waals surface area contributed by atoms with Crippen LogP contribution in [-0.4, -0.2) is 16.1 Å². The van der Waals surface area contributed by atoms with Crippen LogP contribution in [-0.2, 0) is 0 Å². The molecule has 4 rings (SSSR count). The van der Waals surface area contributed by atoms with Crippen LogP contribution in [0.5, 0.6) is 0 Å². The van der Waals surface area contributed by atoms with Gasteiger partial charge in [0.15, 0.2) is 5.76 Å². The van der Waals surface area contributed by atoms with Gasteiger partial charge in [-0.15, -0.1) is 10.2 Å². The predicted octanol–water partition coefficient (Wildman–Crippen LogP) is 4.70. The lowest BCUT2D eigenvalue weighted by Gasteiger charge is -2.08. The van der Waals surface area contributed by atoms with E-state index in [-0.39, 0.29) is 11.5 Å². The van der Waals surface area contributed by atoms with Gasteiger partial charge in [-0.1, -0.05) is 18.2 Å². The molecule has 1 N–H and O–H groups in total. The molecule has 0 fully saturated rings. The van der Waals surface area contributed by atoms with E-state index in [9.17, 15) is 9.18 Å². The van der Waals surface area contributed by atoms with Crippen molar-refractivity contribution in [2.45, 2.75) is 6.92 Å². The van der Waals surface area contributed by atoms with Gasteiger partial charge in [-0.2, -0.15) is 0 Å². The number of nitrogens with one attached hydrogen (secondary N) is 1. The maximum Gasteiger partial charge on any atom is 0.283 e. The third-order valence-electron chi connectivity index (χ3n) is 4.00. The molecule has 2 aromatic carbocycles. The molecule has 0 spiro atoms. The van der Waals surface area contributed by atoms with Crippen LogP contribution in [0.4, 0.5) is 10.1 Å². The van der Waals surface area contributed by atoms with Crippen LogP contribution in [0, 0.1) is 12.7 Å². The largest absolute Gasteiger partial charge is 0.459 e. The highest BCUT2D eigenvalue weighted by Crippen LogP contribution is 2.28. The van der Waals surface area contributed by atoms with Crippen molar-refractivity contribution in [3.8, 4) is 23.1 Å². The van der Waals surface area contributed by atoms with Gasteiger partial charge in [0, 0.05) is 11.3 Å². The number of hydrogen-bond acceptors (Lipinski definition) is 5. The Morgan fingerprint density at radius 2 is 1.85 bits per heavy atom. The van der Waals surface area contributed by atoms with Gasteiger partial charge >= 0.3 is 0 Å². The van der Waals surface area contributed by atoms with Gasteiger partial charge in [0.2, 0.25) is 5.89 Å². The Kier molecular flexibility index (Phi) is 4.25. The highest BCUT2D eigenvalue weighted by atomic mass is 19.1. The zero-order chi connectivity index (χ0) is 18.8. The Morgan fingerprint density at radius 1 is 1.04 bits per heavy atom. The first-order valence-corrected chi connectivity index (χ1v) is 8.16. The topological polar surface area (TPSA) is 81.2 Å². The molecule has 2 aromatic heterocycles. The van der Waals surface area contributed by atoms with Crippen molar-refractivity contribution in [1.82, 2.24) is 10.2 Å². The Morgan fingerprint density at radius 3 is 2.63 bits per heavy atom. The van der Waals surface area contributed by atoms with Crippen molar-refractivity contribution >= 4 is 11.6 Å². The van der Waals surface area contributed by atoms with Gasteiger partial charge in [-0.25, -0.2) is 4.39 Å². The summed E-state index contributed by atoms with van der Waals surface area (Å²) in [6, 6.07) is 14.5. The number of nitrogens with zero attached hydrogens (tertiary/aromatic N) is 2. The number of hydrogen-bond donors (Lipinski definition) is 1. The lowest BCUT2D eigenvalue weighted by molar-refractivity contribution is 0.102. The van der Waals surface area contributed by atoms with E-state index in [4.69, 9.17) is 8.83 Å². The fourth-order valence-electron chi connectivity index (χ4n) is 2.61. The number of halogens is 1. The van der Waals surface area contributed by atoms with Crippen LogP contribution in [0.3, 0.4) is 0 Å². The van der Waals surface area contributed by atoms with Gasteiger partial charge in [-0.05, 0) is 48.9 Å². The zero-order valence-corrected chi connectivity index (χ0v) is 14.3. The maximum absolute atomic E-state index is 13.8. The molecule has 4 aromatic rings. The summed E-state index contributed by atoms with van der Waals surface area (Å²) in [5, 5.41) is 10.7. The number of amides is 1. The molecule has 0 bridgehead atoms. The third-order valence-corrected chi connectivity index (χ3v) is 4.00. The summed E-state index contributed by atoms with van der Waals surface area (Å²) in [4.78, 5) is 12.3. The molecule has 0 aliphatic carbocycles. The molecule has 0 atom stereocenters. The van der Waals surface area contributed by atoms with E-state index in [1.807, 2.05) is 13.0 Å². The van der Waals surface area contributed by atoms with Crippen LogP contribution in [0.25, 0.3) is 23.1 Å². The van der Waals surface area contributed by atoms with Crippen molar-refractivity contribution in [2.75, 3.05) is 5.32 Å². The van der Waals surface area contributed by atoms with Crippen molar-refractivity contribution in [2.24, 2.45) is 0 Å². The molecule has 0 radical (unpaired) electrons. The molecule has 0 aliphatic rings. The first-order valence-electron chi connectivity index (χ1n) is 8.16. The molecular weight excluding hydrogens is 349 g/mol. The number of carbonyl (C=O) groups is 1. The first kappa shape index (κ1) is 16.7. The molecule has 1 amide bonds. The van der Waals surface area contributed by atoms with Crippen LogP contribution >= 0.6 is 0 Å². The van der Waals surface area contributed by atoms with E-state index in [0.29, 0.717) is 22.9 Å². The van der Waals surface area contributed by atoms with Gasteiger partial charge in [-0.3, -0.25) is 4.79 Å². The molecule has 7 heteroatoms. The summed E-state index contributed by atoms with van der Waals surface area (Å²) in [6.45, 7) is 1.88. The average molecular weight is 363 g/mol. The summed E-state index contributed by atoms with van der Waals surface area (Å²) in [5.41, 5.74) is 2.00. The fourth-order valence-corrected chi connectivity index (χ4v) is 2.61. The van der Waals surface area contributed by atoms with Crippen molar-refractivity contribution < 1.29 is 18.0 Å². The SMILES string of the molecule is Cc1ccc(NC(=O)c2ccccc2F)cc1-c1nnc(-c2ccco2)o1. The molecule has 0 aliphatic heterocycles. The van der Waals surface area contributed by atoms with Crippen LogP contribution in [0.2, 0.25) is 0 Å². The highest BCUT2D eigenvalue weighted by Gasteiger charge is 2.16. The average Bonchev–Trinajstić information content (AvgIpc) is 3.35. The van der Waals surface area contributed by atoms with Crippen LogP contribution < -0.4 is 5.32 Å². The summed E-state index contributed by atoms with van der Waals surface area (Å²) >= 11 is 0. The number of benzene rings is 2. The van der Waals surface area contributed by atoms with E-state index < -0.39 is 11.7 Å². The minimum atomic E-state index is -0.581. The molecule has 0 saturated carbocycles. The number of carbonyl (C=O) groups excluding carboxylic acids is 1. The Hall–Kier alpha value is -3.74. The lowest BCUT2D eigenvalue weighted by Crippen LogP contribution is -2.13. The Bertz CT molecular complexity index is 1100. The second-order valence-corrected chi connectivity index (χ2v) is 5.85.